The summed E-state index contributed by atoms with van der Waals surface area (Å²) in [6.45, 7) is 2.53. The van der Waals surface area contributed by atoms with Crippen LogP contribution in [0.1, 0.15) is 35.7 Å². The van der Waals surface area contributed by atoms with Crippen LogP contribution in [0.5, 0.6) is 0 Å². The summed E-state index contributed by atoms with van der Waals surface area (Å²) < 4.78 is 24.6. The Labute approximate surface area is 171 Å². The Kier molecular flexibility index (Phi) is 6.37. The van der Waals surface area contributed by atoms with Crippen molar-refractivity contribution in [3.63, 3.8) is 0 Å². The smallest absolute Gasteiger partial charge is 0.253 e. The largest absolute Gasteiger partial charge is 0.342 e. The van der Waals surface area contributed by atoms with E-state index in [0.29, 0.717) is 28.6 Å². The molecule has 0 aliphatic heterocycles. The fourth-order valence-corrected chi connectivity index (χ4v) is 4.65. The lowest BCUT2D eigenvalue weighted by Crippen LogP contribution is -2.26. The van der Waals surface area contributed by atoms with Gasteiger partial charge >= 0.3 is 0 Å². The molecule has 0 heterocycles. The molecule has 1 fully saturated rings. The number of amides is 2. The van der Waals surface area contributed by atoms with Crippen LogP contribution in [0, 0.1) is 5.92 Å². The van der Waals surface area contributed by atoms with Gasteiger partial charge in [-0.1, -0.05) is 12.1 Å². The van der Waals surface area contributed by atoms with E-state index in [9.17, 15) is 18.0 Å². The monoisotopic (exact) mass is 414 g/mol. The average molecular weight is 415 g/mol. The van der Waals surface area contributed by atoms with Crippen molar-refractivity contribution >= 4 is 27.3 Å². The van der Waals surface area contributed by atoms with Crippen molar-refractivity contribution in [3.8, 4) is 0 Å². The Morgan fingerprint density at radius 1 is 1.03 bits per heavy atom. The number of hydrogen-bond acceptors (Lipinski definition) is 4. The molecule has 0 saturated heterocycles. The minimum absolute atomic E-state index is 0.0675. The predicted octanol–water partition coefficient (Wildman–Crippen LogP) is 3.14. The highest BCUT2D eigenvalue weighted by Crippen LogP contribution is 2.32. The Balaban J connectivity index is 1.57. The van der Waals surface area contributed by atoms with Crippen molar-refractivity contribution in [2.45, 2.75) is 31.1 Å². The molecule has 0 atom stereocenters. The Hall–Kier alpha value is -2.67. The predicted molar refractivity (Wildman–Crippen MR) is 113 cm³/mol. The van der Waals surface area contributed by atoms with Crippen LogP contribution in [-0.4, -0.2) is 44.5 Å². The molecule has 6 nitrogen and oxygen atoms in total. The number of sulfone groups is 1. The molecule has 29 heavy (non-hydrogen) atoms. The zero-order valence-electron chi connectivity index (χ0n) is 16.7. The lowest BCUT2D eigenvalue weighted by Gasteiger charge is -2.14. The van der Waals surface area contributed by atoms with Crippen LogP contribution in [0.3, 0.4) is 0 Å². The molecule has 0 aromatic heterocycles. The number of rotatable bonds is 8. The molecule has 0 unspecified atom stereocenters. The summed E-state index contributed by atoms with van der Waals surface area (Å²) in [7, 11) is -1.51. The standard InChI is InChI=1S/C22H26N2O4S/c1-3-24(2)22(26)18-8-10-19(11-9-18)23-21(25)14-16-6-12-20(13-7-16)29(27,28)15-17-4-5-17/h6-13,17H,3-5,14-15H2,1-2H3,(H,23,25). The van der Waals surface area contributed by atoms with Crippen molar-refractivity contribution in [2.75, 3.05) is 24.7 Å². The quantitative estimate of drug-likeness (QED) is 0.719. The van der Waals surface area contributed by atoms with Crippen LogP contribution in [0.2, 0.25) is 0 Å². The summed E-state index contributed by atoms with van der Waals surface area (Å²) in [5, 5.41) is 2.80. The summed E-state index contributed by atoms with van der Waals surface area (Å²) in [5.74, 6) is 0.235. The number of nitrogens with zero attached hydrogens (tertiary/aromatic N) is 1. The molecule has 3 rings (SSSR count). The number of nitrogens with one attached hydrogen (secondary N) is 1. The summed E-state index contributed by atoms with van der Waals surface area (Å²) in [6, 6.07) is 13.3. The van der Waals surface area contributed by atoms with Gasteiger partial charge in [-0.2, -0.15) is 0 Å². The van der Waals surface area contributed by atoms with E-state index in [0.717, 1.165) is 18.4 Å². The Morgan fingerprint density at radius 3 is 2.21 bits per heavy atom. The van der Waals surface area contributed by atoms with E-state index in [2.05, 4.69) is 5.32 Å². The fraction of sp³-hybridized carbons (Fsp3) is 0.364. The molecular formula is C22H26N2O4S. The average Bonchev–Trinajstić information content (AvgIpc) is 3.51. The molecule has 2 aromatic rings. The molecule has 1 saturated carbocycles. The zero-order chi connectivity index (χ0) is 21.0. The third-order valence-corrected chi connectivity index (χ3v) is 6.94. The van der Waals surface area contributed by atoms with Gasteiger partial charge in [-0.05, 0) is 67.6 Å². The molecule has 1 N–H and O–H groups in total. The molecule has 1 aliphatic rings. The minimum atomic E-state index is -3.24. The van der Waals surface area contributed by atoms with Crippen molar-refractivity contribution in [2.24, 2.45) is 5.92 Å². The molecule has 2 aromatic carbocycles. The lowest BCUT2D eigenvalue weighted by atomic mass is 10.1. The lowest BCUT2D eigenvalue weighted by molar-refractivity contribution is -0.115. The maximum Gasteiger partial charge on any atom is 0.253 e. The van der Waals surface area contributed by atoms with Gasteiger partial charge < -0.3 is 10.2 Å². The van der Waals surface area contributed by atoms with Gasteiger partial charge in [0.15, 0.2) is 9.84 Å². The molecule has 2 amide bonds. The van der Waals surface area contributed by atoms with Crippen molar-refractivity contribution in [3.05, 3.63) is 59.7 Å². The van der Waals surface area contributed by atoms with E-state index in [1.54, 1.807) is 60.5 Å². The summed E-state index contributed by atoms with van der Waals surface area (Å²) in [4.78, 5) is 26.3. The first-order chi connectivity index (χ1) is 13.8. The Bertz CT molecular complexity index is 978. The fourth-order valence-electron chi connectivity index (χ4n) is 2.96. The number of carbonyl (C=O) groups is 2. The SMILES string of the molecule is CCN(C)C(=O)c1ccc(NC(=O)Cc2ccc(S(=O)(=O)CC3CC3)cc2)cc1. The highest BCUT2D eigenvalue weighted by Gasteiger charge is 2.28. The van der Waals surface area contributed by atoms with Gasteiger partial charge in [0.05, 0.1) is 17.1 Å². The van der Waals surface area contributed by atoms with Gasteiger partial charge in [0, 0.05) is 24.8 Å². The molecule has 154 valence electrons. The van der Waals surface area contributed by atoms with Gasteiger partial charge in [-0.25, -0.2) is 8.42 Å². The summed E-state index contributed by atoms with van der Waals surface area (Å²) in [5.41, 5.74) is 1.91. The van der Waals surface area contributed by atoms with Crippen LogP contribution < -0.4 is 5.32 Å². The number of carbonyl (C=O) groups excluding carboxylic acids is 2. The molecule has 7 heteroatoms. The first-order valence-electron chi connectivity index (χ1n) is 9.75. The molecule has 0 bridgehead atoms. The first-order valence-corrected chi connectivity index (χ1v) is 11.4. The maximum atomic E-state index is 12.3. The van der Waals surface area contributed by atoms with E-state index < -0.39 is 9.84 Å². The van der Waals surface area contributed by atoms with E-state index in [4.69, 9.17) is 0 Å². The van der Waals surface area contributed by atoms with Crippen molar-refractivity contribution < 1.29 is 18.0 Å². The van der Waals surface area contributed by atoms with Crippen LogP contribution in [0.15, 0.2) is 53.4 Å². The van der Waals surface area contributed by atoms with Crippen LogP contribution in [0.25, 0.3) is 0 Å². The van der Waals surface area contributed by atoms with Crippen LogP contribution >= 0.6 is 0 Å². The first kappa shape index (κ1) is 21.0. The van der Waals surface area contributed by atoms with Crippen LogP contribution in [-0.2, 0) is 21.1 Å². The maximum absolute atomic E-state index is 12.3. The summed E-state index contributed by atoms with van der Waals surface area (Å²) in [6.07, 6.45) is 2.12. The van der Waals surface area contributed by atoms with E-state index in [-0.39, 0.29) is 24.0 Å². The topological polar surface area (TPSA) is 83.6 Å². The van der Waals surface area contributed by atoms with Crippen molar-refractivity contribution in [1.29, 1.82) is 0 Å². The van der Waals surface area contributed by atoms with E-state index in [1.165, 1.54) is 0 Å². The number of anilines is 1. The molecular weight excluding hydrogens is 388 g/mol. The van der Waals surface area contributed by atoms with Gasteiger partial charge in [0.2, 0.25) is 5.91 Å². The second-order valence-corrected chi connectivity index (χ2v) is 9.52. The minimum Gasteiger partial charge on any atom is -0.342 e. The normalized spacial score (nSPS) is 13.7. The molecule has 0 radical (unpaired) electrons. The van der Waals surface area contributed by atoms with E-state index >= 15 is 0 Å². The number of benzene rings is 2. The third-order valence-electron chi connectivity index (χ3n) is 5.04. The third kappa shape index (κ3) is 5.67. The van der Waals surface area contributed by atoms with Gasteiger partial charge in [0.25, 0.3) is 5.91 Å². The van der Waals surface area contributed by atoms with E-state index in [1.807, 2.05) is 6.92 Å². The second-order valence-electron chi connectivity index (χ2n) is 7.49. The number of hydrogen-bond donors (Lipinski definition) is 1. The highest BCUT2D eigenvalue weighted by molar-refractivity contribution is 7.91. The Morgan fingerprint density at radius 2 is 1.66 bits per heavy atom. The summed E-state index contributed by atoms with van der Waals surface area (Å²) >= 11 is 0. The van der Waals surface area contributed by atoms with Gasteiger partial charge in [0.1, 0.15) is 0 Å². The zero-order valence-corrected chi connectivity index (χ0v) is 17.5. The highest BCUT2D eigenvalue weighted by atomic mass is 32.2. The molecule has 0 spiro atoms. The van der Waals surface area contributed by atoms with Crippen LogP contribution in [0.4, 0.5) is 5.69 Å². The van der Waals surface area contributed by atoms with Gasteiger partial charge in [-0.3, -0.25) is 9.59 Å². The second kappa shape index (κ2) is 8.78. The van der Waals surface area contributed by atoms with Crippen molar-refractivity contribution in [1.82, 2.24) is 4.90 Å². The molecule has 1 aliphatic carbocycles. The van der Waals surface area contributed by atoms with Gasteiger partial charge in [-0.15, -0.1) is 0 Å².